The lowest BCUT2D eigenvalue weighted by Crippen LogP contribution is -2.01. The van der Waals surface area contributed by atoms with E-state index in [2.05, 4.69) is 37.2 Å². The highest BCUT2D eigenvalue weighted by Crippen LogP contribution is 2.30. The van der Waals surface area contributed by atoms with Crippen LogP contribution in [-0.2, 0) is 6.54 Å². The Hall–Kier alpha value is -1.60. The standard InChI is InChI=1S/C13H10Br2N2O3/c14-10-5-4-9(17(19)20)6-12(10)16-7-8-2-1-3-11(15)13(8)18/h1-6,16,18H,7H2. The lowest BCUT2D eigenvalue weighted by molar-refractivity contribution is -0.384. The number of para-hydroxylation sites is 1. The zero-order valence-electron chi connectivity index (χ0n) is 10.1. The topological polar surface area (TPSA) is 75.4 Å². The van der Waals surface area contributed by atoms with Crippen molar-refractivity contribution in [1.82, 2.24) is 0 Å². The van der Waals surface area contributed by atoms with Gasteiger partial charge in [0.2, 0.25) is 0 Å². The maximum Gasteiger partial charge on any atom is 0.271 e. The van der Waals surface area contributed by atoms with E-state index < -0.39 is 4.92 Å². The number of hydrogen-bond donors (Lipinski definition) is 2. The monoisotopic (exact) mass is 400 g/mol. The Morgan fingerprint density at radius 2 is 1.95 bits per heavy atom. The molecule has 0 aromatic heterocycles. The number of hydrogen-bond acceptors (Lipinski definition) is 4. The number of phenols is 1. The van der Waals surface area contributed by atoms with Gasteiger partial charge in [-0.1, -0.05) is 12.1 Å². The van der Waals surface area contributed by atoms with Gasteiger partial charge in [0.25, 0.3) is 5.69 Å². The number of nitro benzene ring substituents is 1. The number of non-ortho nitro benzene ring substituents is 1. The Morgan fingerprint density at radius 3 is 2.65 bits per heavy atom. The molecule has 7 heteroatoms. The molecule has 0 aliphatic rings. The zero-order chi connectivity index (χ0) is 14.7. The van der Waals surface area contributed by atoms with Crippen molar-refractivity contribution in [2.24, 2.45) is 0 Å². The van der Waals surface area contributed by atoms with Crippen LogP contribution in [0.4, 0.5) is 11.4 Å². The van der Waals surface area contributed by atoms with Crippen molar-refractivity contribution < 1.29 is 10.0 Å². The molecule has 2 rings (SSSR count). The van der Waals surface area contributed by atoms with Gasteiger partial charge in [-0.05, 0) is 44.0 Å². The van der Waals surface area contributed by atoms with Crippen molar-refractivity contribution in [2.45, 2.75) is 6.54 Å². The van der Waals surface area contributed by atoms with Crippen LogP contribution in [0.25, 0.3) is 0 Å². The first-order valence-electron chi connectivity index (χ1n) is 5.63. The van der Waals surface area contributed by atoms with Crippen molar-refractivity contribution in [1.29, 1.82) is 0 Å². The molecular formula is C13H10Br2N2O3. The minimum atomic E-state index is -0.450. The third-order valence-corrected chi connectivity index (χ3v) is 4.03. The summed E-state index contributed by atoms with van der Waals surface area (Å²) < 4.78 is 1.33. The first kappa shape index (κ1) is 14.8. The molecule has 5 nitrogen and oxygen atoms in total. The summed E-state index contributed by atoms with van der Waals surface area (Å²) in [4.78, 5) is 10.3. The summed E-state index contributed by atoms with van der Waals surface area (Å²) in [6.45, 7) is 0.352. The number of nitrogens with zero attached hydrogens (tertiary/aromatic N) is 1. The number of aromatic hydroxyl groups is 1. The third kappa shape index (κ3) is 3.29. The number of nitrogens with one attached hydrogen (secondary N) is 1. The van der Waals surface area contributed by atoms with E-state index in [0.717, 1.165) is 4.47 Å². The van der Waals surface area contributed by atoms with Gasteiger partial charge in [0.1, 0.15) is 5.75 Å². The van der Waals surface area contributed by atoms with Crippen LogP contribution in [0.5, 0.6) is 5.75 Å². The van der Waals surface area contributed by atoms with Crippen molar-refractivity contribution in [3.8, 4) is 5.75 Å². The molecule has 0 bridgehead atoms. The molecule has 2 N–H and O–H groups in total. The van der Waals surface area contributed by atoms with Crippen molar-refractivity contribution in [3.63, 3.8) is 0 Å². The van der Waals surface area contributed by atoms with Crippen LogP contribution in [0.1, 0.15) is 5.56 Å². The van der Waals surface area contributed by atoms with Crippen LogP contribution in [0.15, 0.2) is 45.3 Å². The number of rotatable bonds is 4. The van der Waals surface area contributed by atoms with Crippen LogP contribution in [-0.4, -0.2) is 10.0 Å². The highest BCUT2D eigenvalue weighted by Gasteiger charge is 2.10. The van der Waals surface area contributed by atoms with Gasteiger partial charge >= 0.3 is 0 Å². The van der Waals surface area contributed by atoms with Crippen LogP contribution < -0.4 is 5.32 Å². The molecule has 0 atom stereocenters. The van der Waals surface area contributed by atoms with Crippen molar-refractivity contribution >= 4 is 43.2 Å². The van der Waals surface area contributed by atoms with E-state index in [0.29, 0.717) is 22.3 Å². The lowest BCUT2D eigenvalue weighted by Gasteiger charge is -2.10. The highest BCUT2D eigenvalue weighted by atomic mass is 79.9. The van der Waals surface area contributed by atoms with Crippen molar-refractivity contribution in [3.05, 3.63) is 61.0 Å². The van der Waals surface area contributed by atoms with E-state index in [1.807, 2.05) is 6.07 Å². The third-order valence-electron chi connectivity index (χ3n) is 2.70. The quantitative estimate of drug-likeness (QED) is 0.586. The molecule has 20 heavy (non-hydrogen) atoms. The molecule has 0 saturated carbocycles. The predicted octanol–water partition coefficient (Wildman–Crippen LogP) is 4.44. The summed E-state index contributed by atoms with van der Waals surface area (Å²) in [6, 6.07) is 9.80. The number of benzene rings is 2. The molecular weight excluding hydrogens is 392 g/mol. The minimum Gasteiger partial charge on any atom is -0.506 e. The Bertz CT molecular complexity index is 662. The van der Waals surface area contributed by atoms with Crippen LogP contribution in [0.3, 0.4) is 0 Å². The van der Waals surface area contributed by atoms with E-state index in [4.69, 9.17) is 0 Å². The molecule has 0 amide bonds. The fourth-order valence-electron chi connectivity index (χ4n) is 1.66. The van der Waals surface area contributed by atoms with Crippen molar-refractivity contribution in [2.75, 3.05) is 5.32 Å². The smallest absolute Gasteiger partial charge is 0.271 e. The normalized spacial score (nSPS) is 10.3. The summed E-state index contributed by atoms with van der Waals surface area (Å²) in [5.74, 6) is 0.154. The van der Waals surface area contributed by atoms with Crippen LogP contribution in [0.2, 0.25) is 0 Å². The lowest BCUT2D eigenvalue weighted by atomic mass is 10.2. The van der Waals surface area contributed by atoms with Gasteiger partial charge in [-0.15, -0.1) is 0 Å². The molecule has 0 saturated heterocycles. The molecule has 0 unspecified atom stereocenters. The molecule has 0 fully saturated rings. The number of anilines is 1. The SMILES string of the molecule is O=[N+]([O-])c1ccc(Br)c(NCc2cccc(Br)c2O)c1. The minimum absolute atomic E-state index is 0.00849. The van der Waals surface area contributed by atoms with Crippen LogP contribution in [0, 0.1) is 10.1 Å². The summed E-state index contributed by atoms with van der Waals surface area (Å²) in [7, 11) is 0. The maximum absolute atomic E-state index is 10.8. The first-order valence-corrected chi connectivity index (χ1v) is 7.22. The largest absolute Gasteiger partial charge is 0.506 e. The molecule has 2 aromatic carbocycles. The van der Waals surface area contributed by atoms with Gasteiger partial charge in [-0.2, -0.15) is 0 Å². The van der Waals surface area contributed by atoms with Gasteiger partial charge in [0.05, 0.1) is 15.1 Å². The molecule has 104 valence electrons. The highest BCUT2D eigenvalue weighted by molar-refractivity contribution is 9.11. The molecule has 0 aliphatic carbocycles. The average molecular weight is 402 g/mol. The molecule has 0 heterocycles. The fraction of sp³-hybridized carbons (Fsp3) is 0.0769. The first-order chi connectivity index (χ1) is 9.49. The second-order valence-corrected chi connectivity index (χ2v) is 5.73. The summed E-state index contributed by atoms with van der Waals surface area (Å²) in [6.07, 6.45) is 0. The van der Waals surface area contributed by atoms with Gasteiger partial charge in [-0.3, -0.25) is 10.1 Å². The molecule has 2 aromatic rings. The molecule has 0 aliphatic heterocycles. The van der Waals surface area contributed by atoms with E-state index in [1.54, 1.807) is 18.2 Å². The van der Waals surface area contributed by atoms with Gasteiger partial charge in [0, 0.05) is 28.7 Å². The Kier molecular flexibility index (Phi) is 4.61. The number of nitro groups is 1. The summed E-state index contributed by atoms with van der Waals surface area (Å²) in [5, 5.41) is 23.7. The molecule has 0 radical (unpaired) electrons. The Labute approximate surface area is 132 Å². The van der Waals surface area contributed by atoms with E-state index in [-0.39, 0.29) is 11.4 Å². The number of halogens is 2. The number of phenolic OH excluding ortho intramolecular Hbond substituents is 1. The Balaban J connectivity index is 2.20. The zero-order valence-corrected chi connectivity index (χ0v) is 13.3. The summed E-state index contributed by atoms with van der Waals surface area (Å²) >= 11 is 6.57. The van der Waals surface area contributed by atoms with Gasteiger partial charge < -0.3 is 10.4 Å². The Morgan fingerprint density at radius 1 is 1.20 bits per heavy atom. The van der Waals surface area contributed by atoms with Gasteiger partial charge in [-0.25, -0.2) is 0 Å². The van der Waals surface area contributed by atoms with Gasteiger partial charge in [0.15, 0.2) is 0 Å². The predicted molar refractivity (Wildman–Crippen MR) is 83.9 cm³/mol. The van der Waals surface area contributed by atoms with E-state index >= 15 is 0 Å². The average Bonchev–Trinajstić information content (AvgIpc) is 2.41. The maximum atomic E-state index is 10.8. The fourth-order valence-corrected chi connectivity index (χ4v) is 2.45. The van der Waals surface area contributed by atoms with Crippen LogP contribution >= 0.6 is 31.9 Å². The molecule has 0 spiro atoms. The van der Waals surface area contributed by atoms with E-state index in [1.165, 1.54) is 12.1 Å². The summed E-state index contributed by atoms with van der Waals surface area (Å²) in [5.41, 5.74) is 1.30. The van der Waals surface area contributed by atoms with E-state index in [9.17, 15) is 15.2 Å². The second kappa shape index (κ2) is 6.23. The second-order valence-electron chi connectivity index (χ2n) is 4.02.